The second kappa shape index (κ2) is 10.5. The molecule has 0 aliphatic carbocycles. The highest BCUT2D eigenvalue weighted by Crippen LogP contribution is 2.31. The maximum Gasteiger partial charge on any atom is 0.322 e. The first-order valence-corrected chi connectivity index (χ1v) is 11.4. The molecule has 0 unspecified atom stereocenters. The van der Waals surface area contributed by atoms with Crippen LogP contribution in [0.25, 0.3) is 10.9 Å². The van der Waals surface area contributed by atoms with Crippen LogP contribution in [0.1, 0.15) is 16.7 Å². The first-order valence-electron chi connectivity index (χ1n) is 11.0. The van der Waals surface area contributed by atoms with Crippen molar-refractivity contribution < 1.29 is 14.3 Å². The number of fused-ring (bicyclic) bond motifs is 1. The van der Waals surface area contributed by atoms with Gasteiger partial charge >= 0.3 is 6.03 Å². The first-order chi connectivity index (χ1) is 16.9. The average molecular weight is 492 g/mol. The number of aromatic nitrogens is 1. The third kappa shape index (κ3) is 5.58. The van der Waals surface area contributed by atoms with Crippen LogP contribution >= 0.6 is 11.6 Å². The smallest absolute Gasteiger partial charge is 0.322 e. The van der Waals surface area contributed by atoms with Crippen LogP contribution < -0.4 is 20.3 Å². The van der Waals surface area contributed by atoms with Crippen LogP contribution in [0, 0.1) is 6.92 Å². The minimum Gasteiger partial charge on any atom is -0.493 e. The maximum absolute atomic E-state index is 13.3. The summed E-state index contributed by atoms with van der Waals surface area (Å²) in [5, 5.41) is 4.05. The number of anilines is 1. The monoisotopic (exact) mass is 491 g/mol. The number of benzene rings is 3. The zero-order valence-electron chi connectivity index (χ0n) is 19.7. The van der Waals surface area contributed by atoms with E-state index in [4.69, 9.17) is 21.1 Å². The van der Waals surface area contributed by atoms with Crippen molar-refractivity contribution in [1.29, 1.82) is 0 Å². The normalized spacial score (nSPS) is 10.7. The molecule has 0 fully saturated rings. The Morgan fingerprint density at radius 2 is 1.66 bits per heavy atom. The number of aromatic amines is 1. The number of ether oxygens (including phenoxy) is 2. The lowest BCUT2D eigenvalue weighted by atomic mass is 10.1. The van der Waals surface area contributed by atoms with Crippen molar-refractivity contribution in [2.45, 2.75) is 20.0 Å². The van der Waals surface area contributed by atoms with Crippen LogP contribution in [0.5, 0.6) is 11.5 Å². The highest BCUT2D eigenvalue weighted by Gasteiger charge is 2.19. The number of amides is 2. The molecular formula is C27H26ClN3O4. The van der Waals surface area contributed by atoms with Crippen molar-refractivity contribution in [2.75, 3.05) is 19.5 Å². The Morgan fingerprint density at radius 3 is 2.34 bits per heavy atom. The second-order valence-electron chi connectivity index (χ2n) is 8.17. The molecule has 0 radical (unpaired) electrons. The van der Waals surface area contributed by atoms with Gasteiger partial charge in [0.1, 0.15) is 0 Å². The molecule has 0 saturated heterocycles. The summed E-state index contributed by atoms with van der Waals surface area (Å²) in [7, 11) is 3.09. The molecule has 0 spiro atoms. The van der Waals surface area contributed by atoms with Crippen molar-refractivity contribution >= 4 is 34.2 Å². The van der Waals surface area contributed by atoms with Crippen molar-refractivity contribution in [1.82, 2.24) is 9.88 Å². The van der Waals surface area contributed by atoms with E-state index in [0.717, 1.165) is 16.5 Å². The van der Waals surface area contributed by atoms with Gasteiger partial charge in [0, 0.05) is 23.6 Å². The molecule has 8 heteroatoms. The molecule has 2 N–H and O–H groups in total. The van der Waals surface area contributed by atoms with Gasteiger partial charge in [-0.05, 0) is 36.8 Å². The highest BCUT2D eigenvalue weighted by atomic mass is 35.5. The van der Waals surface area contributed by atoms with E-state index in [2.05, 4.69) is 10.3 Å². The third-order valence-electron chi connectivity index (χ3n) is 5.68. The summed E-state index contributed by atoms with van der Waals surface area (Å²) in [6, 6.07) is 19.8. The molecule has 2 amide bonds. The van der Waals surface area contributed by atoms with E-state index < -0.39 is 0 Å². The number of rotatable bonds is 7. The van der Waals surface area contributed by atoms with Gasteiger partial charge in [0.15, 0.2) is 11.5 Å². The Labute approximate surface area is 208 Å². The fourth-order valence-electron chi connectivity index (χ4n) is 3.77. The molecule has 0 aliphatic heterocycles. The zero-order chi connectivity index (χ0) is 24.9. The number of H-pyrrole nitrogens is 1. The number of pyridine rings is 1. The van der Waals surface area contributed by atoms with Crippen molar-refractivity contribution in [3.8, 4) is 11.5 Å². The lowest BCUT2D eigenvalue weighted by Gasteiger charge is -2.24. The van der Waals surface area contributed by atoms with Crippen molar-refractivity contribution in [3.63, 3.8) is 0 Å². The fourth-order valence-corrected chi connectivity index (χ4v) is 3.95. The Kier molecular flexibility index (Phi) is 7.27. The Hall–Kier alpha value is -3.97. The number of para-hydroxylation sites is 1. The molecule has 1 heterocycles. The van der Waals surface area contributed by atoms with Gasteiger partial charge in [-0.3, -0.25) is 4.79 Å². The summed E-state index contributed by atoms with van der Waals surface area (Å²) in [5.74, 6) is 1.06. The Bertz CT molecular complexity index is 1420. The van der Waals surface area contributed by atoms with E-state index >= 15 is 0 Å². The summed E-state index contributed by atoms with van der Waals surface area (Å²) in [6.45, 7) is 2.40. The summed E-state index contributed by atoms with van der Waals surface area (Å²) < 4.78 is 10.7. The minimum atomic E-state index is -0.370. The largest absolute Gasteiger partial charge is 0.493 e. The van der Waals surface area contributed by atoms with Gasteiger partial charge in [-0.1, -0.05) is 53.6 Å². The maximum atomic E-state index is 13.3. The SMILES string of the molecule is COc1cc2cc(CN(Cc3ccc(C)cc3)C(=O)Nc3ccccc3Cl)c(=O)[nH]c2cc1OC. The predicted octanol–water partition coefficient (Wildman–Crippen LogP) is 5.74. The van der Waals surface area contributed by atoms with Gasteiger partial charge < -0.3 is 24.7 Å². The van der Waals surface area contributed by atoms with E-state index in [1.165, 1.54) is 7.11 Å². The molecule has 7 nitrogen and oxygen atoms in total. The topological polar surface area (TPSA) is 83.7 Å². The van der Waals surface area contributed by atoms with Gasteiger partial charge in [0.05, 0.1) is 37.0 Å². The first kappa shape index (κ1) is 24.2. The van der Waals surface area contributed by atoms with E-state index in [0.29, 0.717) is 39.8 Å². The number of hydrogen-bond donors (Lipinski definition) is 2. The molecule has 4 aromatic rings. The number of halogens is 1. The summed E-state index contributed by atoms with van der Waals surface area (Å²) in [4.78, 5) is 30.7. The number of aryl methyl sites for hydroxylation is 1. The van der Waals surface area contributed by atoms with Crippen LogP contribution in [0.3, 0.4) is 0 Å². The van der Waals surface area contributed by atoms with Gasteiger partial charge in [-0.25, -0.2) is 4.79 Å². The number of nitrogens with one attached hydrogen (secondary N) is 2. The average Bonchev–Trinajstić information content (AvgIpc) is 2.85. The van der Waals surface area contributed by atoms with Crippen LogP contribution in [-0.2, 0) is 13.1 Å². The zero-order valence-corrected chi connectivity index (χ0v) is 20.5. The molecule has 0 bridgehead atoms. The van der Waals surface area contributed by atoms with Crippen molar-refractivity contribution in [3.05, 3.63) is 98.8 Å². The van der Waals surface area contributed by atoms with E-state index in [1.54, 1.807) is 54.5 Å². The van der Waals surface area contributed by atoms with E-state index in [9.17, 15) is 9.59 Å². The van der Waals surface area contributed by atoms with Crippen LogP contribution in [0.4, 0.5) is 10.5 Å². The number of nitrogens with zero attached hydrogens (tertiary/aromatic N) is 1. The molecule has 0 saturated carbocycles. The van der Waals surface area contributed by atoms with Gasteiger partial charge in [0.2, 0.25) is 0 Å². The summed E-state index contributed by atoms with van der Waals surface area (Å²) in [5.41, 5.74) is 3.32. The standard InChI is InChI=1S/C27H26ClN3O4/c1-17-8-10-18(11-9-17)15-31(27(33)30-22-7-5-4-6-21(22)28)16-20-12-19-13-24(34-2)25(35-3)14-23(19)29-26(20)32/h4-14H,15-16H2,1-3H3,(H,29,32)(H,30,33). The number of urea groups is 1. The molecule has 35 heavy (non-hydrogen) atoms. The highest BCUT2D eigenvalue weighted by molar-refractivity contribution is 6.33. The van der Waals surface area contributed by atoms with Gasteiger partial charge in [0.25, 0.3) is 5.56 Å². The lowest BCUT2D eigenvalue weighted by molar-refractivity contribution is 0.206. The summed E-state index contributed by atoms with van der Waals surface area (Å²) >= 11 is 6.24. The molecule has 180 valence electrons. The molecule has 0 atom stereocenters. The molecule has 4 rings (SSSR count). The number of carbonyl (C=O) groups excluding carboxylic acids is 1. The van der Waals surface area contributed by atoms with Crippen LogP contribution in [-0.4, -0.2) is 30.1 Å². The lowest BCUT2D eigenvalue weighted by Crippen LogP contribution is -2.35. The minimum absolute atomic E-state index is 0.0871. The van der Waals surface area contributed by atoms with E-state index in [1.807, 2.05) is 31.2 Å². The van der Waals surface area contributed by atoms with Gasteiger partial charge in [-0.15, -0.1) is 0 Å². The van der Waals surface area contributed by atoms with Crippen LogP contribution in [0.2, 0.25) is 5.02 Å². The molecule has 0 aliphatic rings. The molecular weight excluding hydrogens is 466 g/mol. The fraction of sp³-hybridized carbons (Fsp3) is 0.185. The number of carbonyl (C=O) groups is 1. The third-order valence-corrected chi connectivity index (χ3v) is 6.01. The van der Waals surface area contributed by atoms with Crippen molar-refractivity contribution in [2.24, 2.45) is 0 Å². The molecule has 1 aromatic heterocycles. The number of methoxy groups -OCH3 is 2. The Balaban J connectivity index is 1.69. The van der Waals surface area contributed by atoms with Crippen LogP contribution in [0.15, 0.2) is 71.5 Å². The quantitative estimate of drug-likeness (QED) is 0.345. The molecule has 3 aromatic carbocycles. The number of hydrogen-bond acceptors (Lipinski definition) is 4. The summed E-state index contributed by atoms with van der Waals surface area (Å²) in [6.07, 6.45) is 0. The predicted molar refractivity (Wildman–Crippen MR) is 139 cm³/mol. The Morgan fingerprint density at radius 1 is 0.971 bits per heavy atom. The van der Waals surface area contributed by atoms with E-state index in [-0.39, 0.29) is 18.1 Å². The second-order valence-corrected chi connectivity index (χ2v) is 8.58. The van der Waals surface area contributed by atoms with Gasteiger partial charge in [-0.2, -0.15) is 0 Å².